The number of esters is 1. The van der Waals surface area contributed by atoms with Crippen LogP contribution in [0.15, 0.2) is 48.5 Å². The van der Waals surface area contributed by atoms with E-state index in [1.165, 1.54) is 12.0 Å². The average Bonchev–Trinajstić information content (AvgIpc) is 2.99. The minimum Gasteiger partial charge on any atom is -0.468 e. The molecule has 27 heavy (non-hydrogen) atoms. The van der Waals surface area contributed by atoms with Gasteiger partial charge in [-0.1, -0.05) is 48.5 Å². The van der Waals surface area contributed by atoms with Crippen molar-refractivity contribution in [3.8, 4) is 11.1 Å². The lowest BCUT2D eigenvalue weighted by atomic mass is 9.98. The molecule has 7 heteroatoms. The zero-order valence-electron chi connectivity index (χ0n) is 15.1. The maximum atomic E-state index is 12.4. The number of amides is 1. The van der Waals surface area contributed by atoms with Crippen molar-refractivity contribution in [2.45, 2.75) is 5.92 Å². The first-order valence-corrected chi connectivity index (χ1v) is 8.52. The number of benzene rings is 2. The van der Waals surface area contributed by atoms with E-state index in [-0.39, 0.29) is 44.6 Å². The van der Waals surface area contributed by atoms with E-state index in [9.17, 15) is 9.59 Å². The van der Waals surface area contributed by atoms with Crippen molar-refractivity contribution in [2.75, 3.05) is 33.4 Å². The SMILES string of the molecule is COC(=O)CN(CCN)C(=O)OCC1c2ccccc2-c2ccccc21.Cl. The molecular weight excluding hydrogens is 368 g/mol. The van der Waals surface area contributed by atoms with Crippen LogP contribution in [0.5, 0.6) is 0 Å². The zero-order valence-corrected chi connectivity index (χ0v) is 15.9. The van der Waals surface area contributed by atoms with Gasteiger partial charge in [-0.05, 0) is 22.3 Å². The molecule has 1 amide bonds. The molecule has 1 aliphatic carbocycles. The molecule has 0 heterocycles. The number of hydrogen-bond donors (Lipinski definition) is 1. The number of fused-ring (bicyclic) bond motifs is 3. The lowest BCUT2D eigenvalue weighted by molar-refractivity contribution is -0.141. The number of methoxy groups -OCH3 is 1. The Morgan fingerprint density at radius 3 is 2.11 bits per heavy atom. The summed E-state index contributed by atoms with van der Waals surface area (Å²) < 4.78 is 10.1. The third-order valence-electron chi connectivity index (χ3n) is 4.54. The molecule has 2 N–H and O–H groups in total. The fraction of sp³-hybridized carbons (Fsp3) is 0.300. The summed E-state index contributed by atoms with van der Waals surface area (Å²) >= 11 is 0. The number of carbonyl (C=O) groups excluding carboxylic acids is 2. The number of nitrogens with zero attached hydrogens (tertiary/aromatic N) is 1. The van der Waals surface area contributed by atoms with Crippen LogP contribution in [0.4, 0.5) is 4.79 Å². The molecule has 0 saturated heterocycles. The van der Waals surface area contributed by atoms with Gasteiger partial charge in [0.1, 0.15) is 13.2 Å². The van der Waals surface area contributed by atoms with Crippen LogP contribution in [0.3, 0.4) is 0 Å². The van der Waals surface area contributed by atoms with Crippen LogP contribution in [0.1, 0.15) is 17.0 Å². The zero-order chi connectivity index (χ0) is 18.5. The molecule has 0 atom stereocenters. The highest BCUT2D eigenvalue weighted by Gasteiger charge is 2.29. The van der Waals surface area contributed by atoms with Gasteiger partial charge in [-0.15, -0.1) is 12.4 Å². The van der Waals surface area contributed by atoms with Gasteiger partial charge in [0.05, 0.1) is 7.11 Å². The largest absolute Gasteiger partial charge is 0.468 e. The number of rotatable bonds is 6. The van der Waals surface area contributed by atoms with E-state index in [4.69, 9.17) is 10.5 Å². The predicted octanol–water partition coefficient (Wildman–Crippen LogP) is 2.79. The van der Waals surface area contributed by atoms with E-state index in [1.807, 2.05) is 24.3 Å². The van der Waals surface area contributed by atoms with Crippen LogP contribution in [-0.2, 0) is 14.3 Å². The van der Waals surface area contributed by atoms with Crippen LogP contribution in [0.2, 0.25) is 0 Å². The molecule has 0 unspecified atom stereocenters. The van der Waals surface area contributed by atoms with Gasteiger partial charge in [0.2, 0.25) is 0 Å². The molecular formula is C20H23ClN2O4. The lowest BCUT2D eigenvalue weighted by Crippen LogP contribution is -2.40. The van der Waals surface area contributed by atoms with Crippen molar-refractivity contribution < 1.29 is 19.1 Å². The highest BCUT2D eigenvalue weighted by molar-refractivity contribution is 5.85. The Morgan fingerprint density at radius 2 is 1.59 bits per heavy atom. The molecule has 1 aliphatic rings. The molecule has 0 aromatic heterocycles. The van der Waals surface area contributed by atoms with E-state index >= 15 is 0 Å². The van der Waals surface area contributed by atoms with Crippen molar-refractivity contribution in [1.29, 1.82) is 0 Å². The van der Waals surface area contributed by atoms with Gasteiger partial charge < -0.3 is 15.2 Å². The molecule has 3 rings (SSSR count). The Kier molecular flexibility index (Phi) is 7.21. The molecule has 0 aliphatic heterocycles. The number of ether oxygens (including phenoxy) is 2. The van der Waals surface area contributed by atoms with Gasteiger partial charge in [-0.25, -0.2) is 4.79 Å². The highest BCUT2D eigenvalue weighted by Crippen LogP contribution is 2.44. The first kappa shape index (κ1) is 20.7. The summed E-state index contributed by atoms with van der Waals surface area (Å²) in [6, 6.07) is 16.2. The Hall–Kier alpha value is -2.57. The van der Waals surface area contributed by atoms with Gasteiger partial charge in [0.25, 0.3) is 0 Å². The number of halogens is 1. The first-order chi connectivity index (χ1) is 12.7. The van der Waals surface area contributed by atoms with E-state index in [1.54, 1.807) is 0 Å². The van der Waals surface area contributed by atoms with Crippen molar-refractivity contribution in [2.24, 2.45) is 5.73 Å². The molecule has 2 aromatic carbocycles. The predicted molar refractivity (Wildman–Crippen MR) is 105 cm³/mol. The Balaban J connectivity index is 0.00000261. The van der Waals surface area contributed by atoms with Crippen LogP contribution < -0.4 is 5.73 Å². The Bertz CT molecular complexity index is 767. The monoisotopic (exact) mass is 390 g/mol. The second kappa shape index (κ2) is 9.39. The lowest BCUT2D eigenvalue weighted by Gasteiger charge is -2.22. The first-order valence-electron chi connectivity index (χ1n) is 8.52. The summed E-state index contributed by atoms with van der Waals surface area (Å²) in [5.41, 5.74) is 10.1. The Labute approximate surface area is 164 Å². The number of nitrogens with two attached hydrogens (primary N) is 1. The highest BCUT2D eigenvalue weighted by atomic mass is 35.5. The second-order valence-corrected chi connectivity index (χ2v) is 6.09. The smallest absolute Gasteiger partial charge is 0.410 e. The van der Waals surface area contributed by atoms with Crippen molar-refractivity contribution in [1.82, 2.24) is 4.90 Å². The van der Waals surface area contributed by atoms with Gasteiger partial charge >= 0.3 is 12.1 Å². The standard InChI is InChI=1S/C20H22N2O4.ClH/c1-25-19(23)12-22(11-10-21)20(24)26-13-18-16-8-4-2-6-14(16)15-7-3-5-9-17(15)18;/h2-9,18H,10-13,21H2,1H3;1H. The van der Waals surface area contributed by atoms with E-state index in [0.717, 1.165) is 22.3 Å². The van der Waals surface area contributed by atoms with Gasteiger partial charge in [-0.3, -0.25) is 9.69 Å². The van der Waals surface area contributed by atoms with E-state index in [2.05, 4.69) is 29.0 Å². The summed E-state index contributed by atoms with van der Waals surface area (Å²) in [6.45, 7) is 0.493. The molecule has 144 valence electrons. The van der Waals surface area contributed by atoms with E-state index in [0.29, 0.717) is 0 Å². The summed E-state index contributed by atoms with van der Waals surface area (Å²) in [5, 5.41) is 0. The Morgan fingerprint density at radius 1 is 1.04 bits per heavy atom. The summed E-state index contributed by atoms with van der Waals surface area (Å²) in [4.78, 5) is 25.1. The van der Waals surface area contributed by atoms with Crippen LogP contribution >= 0.6 is 12.4 Å². The number of carbonyl (C=O) groups is 2. The number of hydrogen-bond acceptors (Lipinski definition) is 5. The third kappa shape index (κ3) is 4.40. The van der Waals surface area contributed by atoms with Gasteiger partial charge in [-0.2, -0.15) is 0 Å². The second-order valence-electron chi connectivity index (χ2n) is 6.09. The molecule has 0 saturated carbocycles. The minimum atomic E-state index is -0.567. The molecule has 6 nitrogen and oxygen atoms in total. The molecule has 0 spiro atoms. The molecule has 0 bridgehead atoms. The summed E-state index contributed by atoms with van der Waals surface area (Å²) in [5.74, 6) is -0.531. The van der Waals surface area contributed by atoms with Crippen LogP contribution in [0, 0.1) is 0 Å². The third-order valence-corrected chi connectivity index (χ3v) is 4.54. The summed E-state index contributed by atoms with van der Waals surface area (Å²) in [6.07, 6.45) is -0.567. The van der Waals surface area contributed by atoms with Gasteiger partial charge in [0, 0.05) is 19.0 Å². The molecule has 2 aromatic rings. The summed E-state index contributed by atoms with van der Waals surface area (Å²) in [7, 11) is 1.28. The quantitative estimate of drug-likeness (QED) is 0.767. The normalized spacial score (nSPS) is 11.8. The topological polar surface area (TPSA) is 81.9 Å². The van der Waals surface area contributed by atoms with Gasteiger partial charge in [0.15, 0.2) is 0 Å². The van der Waals surface area contributed by atoms with Crippen LogP contribution in [-0.4, -0.2) is 50.3 Å². The maximum Gasteiger partial charge on any atom is 0.410 e. The van der Waals surface area contributed by atoms with E-state index < -0.39 is 12.1 Å². The van der Waals surface area contributed by atoms with Crippen molar-refractivity contribution in [3.05, 3.63) is 59.7 Å². The minimum absolute atomic E-state index is 0. The maximum absolute atomic E-state index is 12.4. The molecule has 0 radical (unpaired) electrons. The fourth-order valence-electron chi connectivity index (χ4n) is 3.30. The van der Waals surface area contributed by atoms with Crippen molar-refractivity contribution in [3.63, 3.8) is 0 Å². The average molecular weight is 391 g/mol. The van der Waals surface area contributed by atoms with Crippen LogP contribution in [0.25, 0.3) is 11.1 Å². The van der Waals surface area contributed by atoms with Crippen molar-refractivity contribution >= 4 is 24.5 Å². The molecule has 0 fully saturated rings. The fourth-order valence-corrected chi connectivity index (χ4v) is 3.30.